The van der Waals surface area contributed by atoms with Crippen molar-refractivity contribution >= 4 is 0 Å². The molecule has 2 fully saturated rings. The Bertz CT molecular complexity index is 256. The normalized spacial score (nSPS) is 38.6. The molecule has 2 rings (SSSR count). The highest BCUT2D eigenvalue weighted by molar-refractivity contribution is 5.13. The van der Waals surface area contributed by atoms with E-state index in [-0.39, 0.29) is 0 Å². The third kappa shape index (κ3) is 1.80. The van der Waals surface area contributed by atoms with Crippen molar-refractivity contribution in [1.29, 1.82) is 0 Å². The molecule has 2 heteroatoms. The minimum absolute atomic E-state index is 0.427. The van der Waals surface area contributed by atoms with E-state index in [1.165, 1.54) is 26.1 Å². The first kappa shape index (κ1) is 12.4. The van der Waals surface area contributed by atoms with Crippen LogP contribution in [0, 0.1) is 22.7 Å². The van der Waals surface area contributed by atoms with E-state index in [0.29, 0.717) is 22.8 Å². The largest absolute Gasteiger partial charge is 0.327 e. The topological polar surface area (TPSA) is 29.3 Å². The van der Waals surface area contributed by atoms with Gasteiger partial charge in [0.05, 0.1) is 0 Å². The monoisotopic (exact) mass is 224 g/mol. The Labute approximate surface area is 101 Å². The molecule has 1 saturated heterocycles. The van der Waals surface area contributed by atoms with Crippen LogP contribution in [0.4, 0.5) is 0 Å². The molecule has 0 spiro atoms. The van der Waals surface area contributed by atoms with Gasteiger partial charge in [-0.15, -0.1) is 0 Å². The van der Waals surface area contributed by atoms with Crippen molar-refractivity contribution in [2.75, 3.05) is 19.6 Å². The summed E-state index contributed by atoms with van der Waals surface area (Å²) in [5.41, 5.74) is 7.11. The third-order valence-electron chi connectivity index (χ3n) is 5.82. The molecule has 1 aliphatic heterocycles. The molecule has 1 aliphatic carbocycles. The second-order valence-corrected chi connectivity index (χ2v) is 7.19. The molecule has 94 valence electrons. The van der Waals surface area contributed by atoms with Crippen molar-refractivity contribution < 1.29 is 0 Å². The standard InChI is InChI=1S/C14H28N2/c1-10-8-16(7-6-11(10)15)9-12-13(2,3)14(12,4)5/h10-12H,6-9,15H2,1-5H3. The molecule has 2 N–H and O–H groups in total. The van der Waals surface area contributed by atoms with Crippen LogP contribution in [0.2, 0.25) is 0 Å². The van der Waals surface area contributed by atoms with E-state index in [1.807, 2.05) is 0 Å². The summed E-state index contributed by atoms with van der Waals surface area (Å²) in [4.78, 5) is 2.63. The maximum atomic E-state index is 6.07. The summed E-state index contributed by atoms with van der Waals surface area (Å²) in [5, 5.41) is 0. The van der Waals surface area contributed by atoms with Crippen LogP contribution in [0.1, 0.15) is 41.0 Å². The zero-order chi connectivity index (χ0) is 12.1. The van der Waals surface area contributed by atoms with Gasteiger partial charge in [-0.05, 0) is 35.6 Å². The molecule has 0 aromatic rings. The Morgan fingerprint density at radius 2 is 1.75 bits per heavy atom. The van der Waals surface area contributed by atoms with Gasteiger partial charge in [0.2, 0.25) is 0 Å². The highest BCUT2D eigenvalue weighted by Crippen LogP contribution is 2.68. The SMILES string of the molecule is CC1CN(CC2C(C)(C)C2(C)C)CCC1N. The van der Waals surface area contributed by atoms with Crippen LogP contribution in [0.25, 0.3) is 0 Å². The van der Waals surface area contributed by atoms with Crippen molar-refractivity contribution in [2.45, 2.75) is 47.1 Å². The Hall–Kier alpha value is -0.0800. The Morgan fingerprint density at radius 3 is 2.19 bits per heavy atom. The second kappa shape index (κ2) is 3.71. The Balaban J connectivity index is 1.89. The number of rotatable bonds is 2. The van der Waals surface area contributed by atoms with Crippen molar-refractivity contribution in [3.05, 3.63) is 0 Å². The minimum atomic E-state index is 0.427. The first-order valence-electron chi connectivity index (χ1n) is 6.74. The van der Waals surface area contributed by atoms with Gasteiger partial charge < -0.3 is 10.6 Å². The molecule has 1 saturated carbocycles. The molecule has 0 aromatic carbocycles. The predicted molar refractivity (Wildman–Crippen MR) is 69.2 cm³/mol. The Kier molecular flexibility index (Phi) is 2.87. The highest BCUT2D eigenvalue weighted by Gasteiger charge is 2.64. The van der Waals surface area contributed by atoms with Crippen molar-refractivity contribution in [3.8, 4) is 0 Å². The zero-order valence-electron chi connectivity index (χ0n) is 11.6. The number of nitrogens with zero attached hydrogens (tertiary/aromatic N) is 1. The van der Waals surface area contributed by atoms with Crippen LogP contribution in [-0.2, 0) is 0 Å². The first-order chi connectivity index (χ1) is 7.26. The highest BCUT2D eigenvalue weighted by atomic mass is 15.2. The van der Waals surface area contributed by atoms with E-state index >= 15 is 0 Å². The lowest BCUT2D eigenvalue weighted by Gasteiger charge is -2.35. The average molecular weight is 224 g/mol. The van der Waals surface area contributed by atoms with Gasteiger partial charge in [-0.1, -0.05) is 34.6 Å². The van der Waals surface area contributed by atoms with Gasteiger partial charge in [0.25, 0.3) is 0 Å². The lowest BCUT2D eigenvalue weighted by atomic mass is 9.94. The van der Waals surface area contributed by atoms with Gasteiger partial charge in [-0.25, -0.2) is 0 Å². The summed E-state index contributed by atoms with van der Waals surface area (Å²) in [7, 11) is 0. The fourth-order valence-corrected chi connectivity index (χ4v) is 3.46. The molecule has 0 bridgehead atoms. The van der Waals surface area contributed by atoms with Gasteiger partial charge in [-0.2, -0.15) is 0 Å². The van der Waals surface area contributed by atoms with E-state index < -0.39 is 0 Å². The van der Waals surface area contributed by atoms with Crippen LogP contribution in [-0.4, -0.2) is 30.6 Å². The molecule has 0 amide bonds. The second-order valence-electron chi connectivity index (χ2n) is 7.19. The quantitative estimate of drug-likeness (QED) is 0.780. The van der Waals surface area contributed by atoms with Crippen LogP contribution in [0.5, 0.6) is 0 Å². The van der Waals surface area contributed by atoms with E-state index in [0.717, 1.165) is 5.92 Å². The molecule has 0 radical (unpaired) electrons. The summed E-state index contributed by atoms with van der Waals surface area (Å²) < 4.78 is 0. The number of likely N-dealkylation sites (tertiary alicyclic amines) is 1. The van der Waals surface area contributed by atoms with Gasteiger partial charge >= 0.3 is 0 Å². The molecule has 2 nitrogen and oxygen atoms in total. The summed E-state index contributed by atoms with van der Waals surface area (Å²) >= 11 is 0. The fraction of sp³-hybridized carbons (Fsp3) is 1.00. The molecule has 0 aromatic heterocycles. The van der Waals surface area contributed by atoms with E-state index in [1.54, 1.807) is 0 Å². The fourth-order valence-electron chi connectivity index (χ4n) is 3.46. The summed E-state index contributed by atoms with van der Waals surface area (Å²) in [6, 6.07) is 0.427. The lowest BCUT2D eigenvalue weighted by Crippen LogP contribution is -2.46. The van der Waals surface area contributed by atoms with Crippen molar-refractivity contribution in [1.82, 2.24) is 4.90 Å². The van der Waals surface area contributed by atoms with Crippen molar-refractivity contribution in [2.24, 2.45) is 28.4 Å². The number of hydrogen-bond acceptors (Lipinski definition) is 2. The molecule has 16 heavy (non-hydrogen) atoms. The van der Waals surface area contributed by atoms with Gasteiger partial charge in [0, 0.05) is 19.1 Å². The first-order valence-corrected chi connectivity index (χ1v) is 6.74. The minimum Gasteiger partial charge on any atom is -0.327 e. The maximum Gasteiger partial charge on any atom is 0.00889 e. The summed E-state index contributed by atoms with van der Waals surface area (Å²) in [6.07, 6.45) is 1.18. The van der Waals surface area contributed by atoms with Crippen LogP contribution < -0.4 is 5.73 Å². The maximum absolute atomic E-state index is 6.07. The van der Waals surface area contributed by atoms with Crippen molar-refractivity contribution in [3.63, 3.8) is 0 Å². The van der Waals surface area contributed by atoms with Crippen LogP contribution in [0.3, 0.4) is 0 Å². The summed E-state index contributed by atoms with van der Waals surface area (Å²) in [5.74, 6) is 1.53. The third-order valence-corrected chi connectivity index (χ3v) is 5.82. The molecule has 1 heterocycles. The average Bonchev–Trinajstić information content (AvgIpc) is 2.54. The van der Waals surface area contributed by atoms with Crippen LogP contribution >= 0.6 is 0 Å². The lowest BCUT2D eigenvalue weighted by molar-refractivity contribution is 0.151. The van der Waals surface area contributed by atoms with E-state index in [9.17, 15) is 0 Å². The van der Waals surface area contributed by atoms with Crippen LogP contribution in [0.15, 0.2) is 0 Å². The van der Waals surface area contributed by atoms with Gasteiger partial charge in [0.1, 0.15) is 0 Å². The molecule has 2 aliphatic rings. The number of nitrogens with two attached hydrogens (primary N) is 1. The summed E-state index contributed by atoms with van der Waals surface area (Å²) in [6.45, 7) is 15.6. The number of piperidine rings is 1. The Morgan fingerprint density at radius 1 is 1.19 bits per heavy atom. The predicted octanol–water partition coefficient (Wildman–Crippen LogP) is 2.34. The number of hydrogen-bond donors (Lipinski definition) is 1. The molecular weight excluding hydrogens is 196 g/mol. The molecule has 2 unspecified atom stereocenters. The van der Waals surface area contributed by atoms with Gasteiger partial charge in [-0.3, -0.25) is 0 Å². The van der Waals surface area contributed by atoms with E-state index in [2.05, 4.69) is 39.5 Å². The smallest absolute Gasteiger partial charge is 0.00889 e. The zero-order valence-corrected chi connectivity index (χ0v) is 11.6. The molecule has 2 atom stereocenters. The van der Waals surface area contributed by atoms with Gasteiger partial charge in [0.15, 0.2) is 0 Å². The van der Waals surface area contributed by atoms with E-state index in [4.69, 9.17) is 5.73 Å². The molecular formula is C14H28N2.